The molecule has 0 fully saturated rings. The van der Waals surface area contributed by atoms with E-state index in [0.717, 1.165) is 13.1 Å². The minimum atomic E-state index is 1.02. The summed E-state index contributed by atoms with van der Waals surface area (Å²) in [6.45, 7) is 6.62. The molecule has 1 aromatic carbocycles. The van der Waals surface area contributed by atoms with Gasteiger partial charge in [0.15, 0.2) is 0 Å². The third kappa shape index (κ3) is 6.48. The van der Waals surface area contributed by atoms with Crippen LogP contribution in [-0.4, -0.2) is 6.54 Å². The second-order valence-corrected chi connectivity index (χ2v) is 4.87. The lowest BCUT2D eigenvalue weighted by Gasteiger charge is -2.07. The van der Waals surface area contributed by atoms with Gasteiger partial charge in [-0.3, -0.25) is 0 Å². The van der Waals surface area contributed by atoms with Crippen LogP contribution in [0.25, 0.3) is 0 Å². The van der Waals surface area contributed by atoms with Crippen LogP contribution in [0.5, 0.6) is 0 Å². The molecule has 0 saturated heterocycles. The SMILES string of the molecule is CCCCCCCCNCc1ccccc1C. The summed E-state index contributed by atoms with van der Waals surface area (Å²) in [6.07, 6.45) is 8.24. The van der Waals surface area contributed by atoms with Gasteiger partial charge in [-0.15, -0.1) is 0 Å². The summed E-state index contributed by atoms with van der Waals surface area (Å²) in [5.41, 5.74) is 2.82. The molecule has 0 spiro atoms. The largest absolute Gasteiger partial charge is 0.313 e. The van der Waals surface area contributed by atoms with Gasteiger partial charge in [-0.25, -0.2) is 0 Å². The van der Waals surface area contributed by atoms with Gasteiger partial charge in [0, 0.05) is 6.54 Å². The summed E-state index contributed by atoms with van der Waals surface area (Å²) in [4.78, 5) is 0. The molecule has 0 atom stereocenters. The van der Waals surface area contributed by atoms with Gasteiger partial charge in [-0.1, -0.05) is 63.3 Å². The summed E-state index contributed by atoms with van der Waals surface area (Å²) >= 11 is 0. The van der Waals surface area contributed by atoms with Crippen LogP contribution in [0.1, 0.15) is 56.6 Å². The normalized spacial score (nSPS) is 10.7. The van der Waals surface area contributed by atoms with Crippen molar-refractivity contribution in [1.82, 2.24) is 5.32 Å². The lowest BCUT2D eigenvalue weighted by molar-refractivity contribution is 0.571. The van der Waals surface area contributed by atoms with Crippen molar-refractivity contribution in [3.8, 4) is 0 Å². The Hall–Kier alpha value is -0.820. The van der Waals surface area contributed by atoms with Gasteiger partial charge in [0.05, 0.1) is 0 Å². The van der Waals surface area contributed by atoms with Crippen LogP contribution >= 0.6 is 0 Å². The Labute approximate surface area is 107 Å². The Balaban J connectivity index is 1.99. The van der Waals surface area contributed by atoms with Crippen molar-refractivity contribution < 1.29 is 0 Å². The van der Waals surface area contributed by atoms with Crippen molar-refractivity contribution in [3.63, 3.8) is 0 Å². The highest BCUT2D eigenvalue weighted by atomic mass is 14.8. The first-order valence-corrected chi connectivity index (χ1v) is 7.10. The van der Waals surface area contributed by atoms with E-state index in [2.05, 4.69) is 43.4 Å². The van der Waals surface area contributed by atoms with Crippen molar-refractivity contribution in [3.05, 3.63) is 35.4 Å². The van der Waals surface area contributed by atoms with E-state index in [1.165, 1.54) is 49.7 Å². The van der Waals surface area contributed by atoms with Gasteiger partial charge in [0.25, 0.3) is 0 Å². The zero-order valence-electron chi connectivity index (χ0n) is 11.5. The maximum atomic E-state index is 3.53. The molecule has 1 aromatic rings. The van der Waals surface area contributed by atoms with Crippen LogP contribution in [0, 0.1) is 6.92 Å². The summed E-state index contributed by atoms with van der Waals surface area (Å²) in [5, 5.41) is 3.53. The maximum Gasteiger partial charge on any atom is 0.0208 e. The first-order chi connectivity index (χ1) is 8.34. The minimum absolute atomic E-state index is 1.02. The molecule has 0 aliphatic rings. The predicted octanol–water partition coefficient (Wildman–Crippen LogP) is 4.45. The van der Waals surface area contributed by atoms with Gasteiger partial charge in [0.2, 0.25) is 0 Å². The summed E-state index contributed by atoms with van der Waals surface area (Å²) in [6, 6.07) is 8.62. The molecule has 1 heteroatoms. The zero-order valence-corrected chi connectivity index (χ0v) is 11.5. The summed E-state index contributed by atoms with van der Waals surface area (Å²) in [5.74, 6) is 0. The van der Waals surface area contributed by atoms with E-state index in [0.29, 0.717) is 0 Å². The summed E-state index contributed by atoms with van der Waals surface area (Å²) in [7, 11) is 0. The molecule has 1 rings (SSSR count). The molecule has 1 nitrogen and oxygen atoms in total. The number of rotatable bonds is 9. The van der Waals surface area contributed by atoms with E-state index in [1.54, 1.807) is 0 Å². The molecular formula is C16H27N. The fourth-order valence-corrected chi connectivity index (χ4v) is 2.06. The predicted molar refractivity (Wildman–Crippen MR) is 76.3 cm³/mol. The molecule has 1 N–H and O–H groups in total. The average Bonchev–Trinajstić information content (AvgIpc) is 2.35. The Morgan fingerprint density at radius 3 is 2.41 bits per heavy atom. The van der Waals surface area contributed by atoms with Crippen LogP contribution in [0.3, 0.4) is 0 Å². The van der Waals surface area contributed by atoms with Gasteiger partial charge >= 0.3 is 0 Å². The molecule has 17 heavy (non-hydrogen) atoms. The Morgan fingerprint density at radius 2 is 1.65 bits per heavy atom. The monoisotopic (exact) mass is 233 g/mol. The van der Waals surface area contributed by atoms with Crippen LogP contribution in [0.4, 0.5) is 0 Å². The molecule has 0 heterocycles. The van der Waals surface area contributed by atoms with Crippen molar-refractivity contribution in [2.45, 2.75) is 58.9 Å². The van der Waals surface area contributed by atoms with E-state index in [4.69, 9.17) is 0 Å². The standard InChI is InChI=1S/C16H27N/c1-3-4-5-6-7-10-13-17-14-16-12-9-8-11-15(16)2/h8-9,11-12,17H,3-7,10,13-14H2,1-2H3. The molecule has 0 bridgehead atoms. The quantitative estimate of drug-likeness (QED) is 0.622. The van der Waals surface area contributed by atoms with Gasteiger partial charge in [-0.05, 0) is 31.0 Å². The number of hydrogen-bond donors (Lipinski definition) is 1. The van der Waals surface area contributed by atoms with E-state index in [1.807, 2.05) is 0 Å². The molecular weight excluding hydrogens is 206 g/mol. The van der Waals surface area contributed by atoms with E-state index < -0.39 is 0 Å². The second kappa shape index (κ2) is 9.23. The van der Waals surface area contributed by atoms with Crippen LogP contribution in [0.15, 0.2) is 24.3 Å². The molecule has 0 amide bonds. The van der Waals surface area contributed by atoms with Crippen LogP contribution in [-0.2, 0) is 6.54 Å². The highest BCUT2D eigenvalue weighted by Gasteiger charge is 1.95. The first-order valence-electron chi connectivity index (χ1n) is 7.10. The van der Waals surface area contributed by atoms with Gasteiger partial charge in [-0.2, -0.15) is 0 Å². The Morgan fingerprint density at radius 1 is 0.941 bits per heavy atom. The van der Waals surface area contributed by atoms with E-state index in [9.17, 15) is 0 Å². The van der Waals surface area contributed by atoms with Crippen molar-refractivity contribution in [1.29, 1.82) is 0 Å². The smallest absolute Gasteiger partial charge is 0.0208 e. The number of aryl methyl sites for hydroxylation is 1. The lowest BCUT2D eigenvalue weighted by atomic mass is 10.1. The number of unbranched alkanes of at least 4 members (excludes halogenated alkanes) is 5. The molecule has 0 radical (unpaired) electrons. The van der Waals surface area contributed by atoms with Gasteiger partial charge in [0.1, 0.15) is 0 Å². The second-order valence-electron chi connectivity index (χ2n) is 4.87. The molecule has 0 saturated carbocycles. The van der Waals surface area contributed by atoms with E-state index in [-0.39, 0.29) is 0 Å². The third-order valence-electron chi connectivity index (χ3n) is 3.28. The van der Waals surface area contributed by atoms with Crippen molar-refractivity contribution >= 4 is 0 Å². The van der Waals surface area contributed by atoms with Crippen LogP contribution in [0.2, 0.25) is 0 Å². The number of benzene rings is 1. The Kier molecular flexibility index (Phi) is 7.74. The summed E-state index contributed by atoms with van der Waals surface area (Å²) < 4.78 is 0. The number of nitrogens with one attached hydrogen (secondary N) is 1. The van der Waals surface area contributed by atoms with Gasteiger partial charge < -0.3 is 5.32 Å². The molecule has 0 aliphatic heterocycles. The van der Waals surface area contributed by atoms with E-state index >= 15 is 0 Å². The first kappa shape index (κ1) is 14.2. The topological polar surface area (TPSA) is 12.0 Å². The highest BCUT2D eigenvalue weighted by molar-refractivity contribution is 5.25. The third-order valence-corrected chi connectivity index (χ3v) is 3.28. The average molecular weight is 233 g/mol. The molecule has 0 unspecified atom stereocenters. The fourth-order valence-electron chi connectivity index (χ4n) is 2.06. The minimum Gasteiger partial charge on any atom is -0.313 e. The zero-order chi connectivity index (χ0) is 12.3. The van der Waals surface area contributed by atoms with Crippen LogP contribution < -0.4 is 5.32 Å². The molecule has 0 aromatic heterocycles. The van der Waals surface area contributed by atoms with Crippen molar-refractivity contribution in [2.75, 3.05) is 6.54 Å². The maximum absolute atomic E-state index is 3.53. The lowest BCUT2D eigenvalue weighted by Crippen LogP contribution is -2.15. The highest BCUT2D eigenvalue weighted by Crippen LogP contribution is 2.07. The van der Waals surface area contributed by atoms with Crippen molar-refractivity contribution in [2.24, 2.45) is 0 Å². The Bertz CT molecular complexity index is 293. The molecule has 0 aliphatic carbocycles. The number of hydrogen-bond acceptors (Lipinski definition) is 1. The molecule has 96 valence electrons. The fraction of sp³-hybridized carbons (Fsp3) is 0.625.